The molecule has 0 radical (unpaired) electrons. The fourth-order valence-electron chi connectivity index (χ4n) is 8.68. The highest BCUT2D eigenvalue weighted by Crippen LogP contribution is 2.40. The SMILES string of the molecule is Cc1cc(C)c2c(c1)c1cc(-c3ccc4c(c3)c3ccccc3n4-c3ccccc3)ccc1n2-c1ccc(-c2nc(-c3ccccc3)nc(-c3ccccc3)n2)cc1. The molecule has 0 aliphatic heterocycles. The van der Waals surface area contributed by atoms with Crippen molar-refractivity contribution in [2.24, 2.45) is 0 Å². The Morgan fingerprint density at radius 2 is 0.776 bits per heavy atom. The van der Waals surface area contributed by atoms with E-state index >= 15 is 0 Å². The van der Waals surface area contributed by atoms with Gasteiger partial charge in [0, 0.05) is 49.6 Å². The lowest BCUT2D eigenvalue weighted by molar-refractivity contribution is 1.07. The van der Waals surface area contributed by atoms with E-state index in [9.17, 15) is 0 Å². The molecule has 0 spiro atoms. The van der Waals surface area contributed by atoms with Crippen molar-refractivity contribution < 1.29 is 0 Å². The summed E-state index contributed by atoms with van der Waals surface area (Å²) in [7, 11) is 0. The molecule has 58 heavy (non-hydrogen) atoms. The first kappa shape index (κ1) is 33.7. The molecule has 11 rings (SSSR count). The zero-order valence-corrected chi connectivity index (χ0v) is 32.1. The number of aromatic nitrogens is 5. The Balaban J connectivity index is 1.04. The van der Waals surface area contributed by atoms with Gasteiger partial charge < -0.3 is 9.13 Å². The summed E-state index contributed by atoms with van der Waals surface area (Å²) in [6, 6.07) is 66.6. The lowest BCUT2D eigenvalue weighted by atomic mass is 10.00. The van der Waals surface area contributed by atoms with Gasteiger partial charge in [-0.1, -0.05) is 121 Å². The minimum absolute atomic E-state index is 0.641. The van der Waals surface area contributed by atoms with Crippen LogP contribution in [0.3, 0.4) is 0 Å². The predicted octanol–water partition coefficient (Wildman–Crippen LogP) is 13.4. The number of hydrogen-bond donors (Lipinski definition) is 0. The maximum absolute atomic E-state index is 4.98. The third-order valence-electron chi connectivity index (χ3n) is 11.3. The van der Waals surface area contributed by atoms with Crippen molar-refractivity contribution >= 4 is 43.6 Å². The van der Waals surface area contributed by atoms with Crippen LogP contribution in [0, 0.1) is 13.8 Å². The molecule has 0 amide bonds. The lowest BCUT2D eigenvalue weighted by Crippen LogP contribution is -2.00. The third-order valence-corrected chi connectivity index (χ3v) is 11.3. The fraction of sp³-hybridized carbons (Fsp3) is 0.0377. The van der Waals surface area contributed by atoms with Crippen molar-refractivity contribution in [3.05, 3.63) is 199 Å². The molecular weight excluding hydrogens is 707 g/mol. The molecule has 274 valence electrons. The van der Waals surface area contributed by atoms with Crippen molar-refractivity contribution in [2.45, 2.75) is 13.8 Å². The largest absolute Gasteiger partial charge is 0.309 e. The van der Waals surface area contributed by atoms with Crippen LogP contribution in [-0.4, -0.2) is 24.1 Å². The highest BCUT2D eigenvalue weighted by atomic mass is 15.0. The molecule has 3 heterocycles. The predicted molar refractivity (Wildman–Crippen MR) is 240 cm³/mol. The van der Waals surface area contributed by atoms with E-state index in [4.69, 9.17) is 15.0 Å². The fourth-order valence-corrected chi connectivity index (χ4v) is 8.68. The first-order valence-corrected chi connectivity index (χ1v) is 19.7. The maximum atomic E-state index is 4.98. The number of rotatable bonds is 6. The van der Waals surface area contributed by atoms with Gasteiger partial charge in [0.1, 0.15) is 0 Å². The summed E-state index contributed by atoms with van der Waals surface area (Å²) in [6.45, 7) is 4.41. The molecular formula is C53H37N5. The minimum atomic E-state index is 0.641. The molecule has 0 bridgehead atoms. The van der Waals surface area contributed by atoms with Gasteiger partial charge >= 0.3 is 0 Å². The zero-order chi connectivity index (χ0) is 38.7. The molecule has 0 aliphatic carbocycles. The van der Waals surface area contributed by atoms with E-state index in [1.54, 1.807) is 0 Å². The first-order valence-electron chi connectivity index (χ1n) is 19.7. The number of benzene rings is 8. The van der Waals surface area contributed by atoms with Crippen molar-refractivity contribution in [2.75, 3.05) is 0 Å². The second kappa shape index (κ2) is 13.5. The van der Waals surface area contributed by atoms with Gasteiger partial charge in [0.25, 0.3) is 0 Å². The Morgan fingerprint density at radius 3 is 1.38 bits per heavy atom. The topological polar surface area (TPSA) is 48.5 Å². The minimum Gasteiger partial charge on any atom is -0.309 e. The van der Waals surface area contributed by atoms with Crippen LogP contribution in [0.5, 0.6) is 0 Å². The number of fused-ring (bicyclic) bond motifs is 6. The molecule has 11 aromatic rings. The molecule has 0 N–H and O–H groups in total. The number of hydrogen-bond acceptors (Lipinski definition) is 3. The van der Waals surface area contributed by atoms with Crippen molar-refractivity contribution in [1.29, 1.82) is 0 Å². The molecule has 8 aromatic carbocycles. The normalized spacial score (nSPS) is 11.6. The van der Waals surface area contributed by atoms with Crippen LogP contribution < -0.4 is 0 Å². The smallest absolute Gasteiger partial charge is 0.164 e. The monoisotopic (exact) mass is 743 g/mol. The second-order valence-electron chi connectivity index (χ2n) is 15.1. The van der Waals surface area contributed by atoms with E-state index in [1.165, 1.54) is 65.9 Å². The van der Waals surface area contributed by atoms with Gasteiger partial charge in [0.2, 0.25) is 0 Å². The summed E-state index contributed by atoms with van der Waals surface area (Å²) in [5, 5.41) is 4.97. The second-order valence-corrected chi connectivity index (χ2v) is 15.1. The highest BCUT2D eigenvalue weighted by molar-refractivity contribution is 6.13. The van der Waals surface area contributed by atoms with Crippen molar-refractivity contribution in [1.82, 2.24) is 24.1 Å². The van der Waals surface area contributed by atoms with Crippen LogP contribution in [-0.2, 0) is 0 Å². The summed E-state index contributed by atoms with van der Waals surface area (Å²) in [4.78, 5) is 14.8. The molecule has 0 aliphatic rings. The molecule has 0 saturated heterocycles. The van der Waals surface area contributed by atoms with Gasteiger partial charge in [-0.05, 0) is 103 Å². The van der Waals surface area contributed by atoms with E-state index in [1.807, 2.05) is 60.7 Å². The van der Waals surface area contributed by atoms with Crippen LogP contribution in [0.2, 0.25) is 0 Å². The standard InChI is InChI=1S/C53H37N5/c1-34-30-35(2)50-46(31-34)45-33-40(39-24-28-48-44(32-39)43-20-12-13-21-47(43)57(48)41-18-10-5-11-19-41)25-29-49(45)58(50)42-26-22-38(23-27-42)53-55-51(36-14-6-3-7-15-36)54-52(56-53)37-16-8-4-9-17-37/h3-33H,1-2H3. The quantitative estimate of drug-likeness (QED) is 0.170. The molecule has 0 fully saturated rings. The van der Waals surface area contributed by atoms with E-state index in [2.05, 4.69) is 150 Å². The van der Waals surface area contributed by atoms with Crippen LogP contribution >= 0.6 is 0 Å². The van der Waals surface area contributed by atoms with E-state index in [0.717, 1.165) is 28.1 Å². The first-order chi connectivity index (χ1) is 28.6. The Bertz CT molecular complexity index is 3270. The van der Waals surface area contributed by atoms with Crippen LogP contribution in [0.4, 0.5) is 0 Å². The molecule has 0 unspecified atom stereocenters. The van der Waals surface area contributed by atoms with Gasteiger partial charge in [-0.3, -0.25) is 0 Å². The average molecular weight is 744 g/mol. The number of nitrogens with zero attached hydrogens (tertiary/aromatic N) is 5. The van der Waals surface area contributed by atoms with Gasteiger partial charge in [-0.25, -0.2) is 15.0 Å². The van der Waals surface area contributed by atoms with Crippen LogP contribution in [0.25, 0.3) is 100 Å². The number of para-hydroxylation sites is 2. The van der Waals surface area contributed by atoms with Gasteiger partial charge in [-0.15, -0.1) is 0 Å². The highest BCUT2D eigenvalue weighted by Gasteiger charge is 2.19. The molecule has 5 heteroatoms. The number of aryl methyl sites for hydroxylation is 2. The Kier molecular flexibility index (Phi) is 7.86. The lowest BCUT2D eigenvalue weighted by Gasteiger charge is -2.12. The summed E-state index contributed by atoms with van der Waals surface area (Å²) in [6.07, 6.45) is 0. The van der Waals surface area contributed by atoms with Gasteiger partial charge in [0.05, 0.1) is 22.1 Å². The summed E-state index contributed by atoms with van der Waals surface area (Å²) in [5.74, 6) is 1.94. The van der Waals surface area contributed by atoms with Gasteiger partial charge in [0.15, 0.2) is 17.5 Å². The summed E-state index contributed by atoms with van der Waals surface area (Å²) >= 11 is 0. The van der Waals surface area contributed by atoms with Crippen molar-refractivity contribution in [3.8, 4) is 56.7 Å². The summed E-state index contributed by atoms with van der Waals surface area (Å²) < 4.78 is 4.77. The van der Waals surface area contributed by atoms with Gasteiger partial charge in [-0.2, -0.15) is 0 Å². The average Bonchev–Trinajstić information content (AvgIpc) is 3.79. The van der Waals surface area contributed by atoms with Crippen LogP contribution in [0.1, 0.15) is 11.1 Å². The third kappa shape index (κ3) is 5.59. The van der Waals surface area contributed by atoms with E-state index < -0.39 is 0 Å². The Labute approximate surface area is 336 Å². The summed E-state index contributed by atoms with van der Waals surface area (Å²) in [5.41, 5.74) is 14.7. The molecule has 0 saturated carbocycles. The molecule has 0 atom stereocenters. The van der Waals surface area contributed by atoms with E-state index in [-0.39, 0.29) is 0 Å². The van der Waals surface area contributed by atoms with Crippen LogP contribution in [0.15, 0.2) is 188 Å². The van der Waals surface area contributed by atoms with Crippen molar-refractivity contribution in [3.63, 3.8) is 0 Å². The zero-order valence-electron chi connectivity index (χ0n) is 32.1. The molecule has 3 aromatic heterocycles. The Morgan fingerprint density at radius 1 is 0.328 bits per heavy atom. The van der Waals surface area contributed by atoms with E-state index in [0.29, 0.717) is 17.5 Å². The maximum Gasteiger partial charge on any atom is 0.164 e. The Hall–Kier alpha value is -7.63. The molecule has 5 nitrogen and oxygen atoms in total.